The van der Waals surface area contributed by atoms with E-state index in [1.807, 2.05) is 6.08 Å². The summed E-state index contributed by atoms with van der Waals surface area (Å²) in [5.74, 6) is 0. The van der Waals surface area contributed by atoms with Crippen LogP contribution in [0.5, 0.6) is 0 Å². The molecule has 0 spiro atoms. The molecule has 0 radical (unpaired) electrons. The summed E-state index contributed by atoms with van der Waals surface area (Å²) < 4.78 is 5.47. The number of hydrogen-bond donors (Lipinski definition) is 2. The van der Waals surface area contributed by atoms with E-state index in [4.69, 9.17) is 4.74 Å². The largest absolute Gasteiger partial charge is 0.490 e. The van der Waals surface area contributed by atoms with Gasteiger partial charge in [0.15, 0.2) is 0 Å². The molecule has 3 nitrogen and oxygen atoms in total. The first-order valence-electron chi connectivity index (χ1n) is 6.78. The molecule has 0 aromatic rings. The molecule has 1 unspecified atom stereocenters. The third kappa shape index (κ3) is 3.50. The molecule has 0 amide bonds. The smallest absolute Gasteiger partial charge is 0.425 e. The van der Waals surface area contributed by atoms with Crippen LogP contribution in [0, 0.1) is 10.8 Å². The number of methoxy groups -OCH3 is 1. The second kappa shape index (κ2) is 5.08. The average Bonchev–Trinajstić information content (AvgIpc) is 2.25. The lowest BCUT2D eigenvalue weighted by atomic mass is 9.58. The van der Waals surface area contributed by atoms with Crippen molar-refractivity contribution in [3.63, 3.8) is 0 Å². The van der Waals surface area contributed by atoms with E-state index < -0.39 is 12.6 Å². The van der Waals surface area contributed by atoms with Crippen molar-refractivity contribution in [2.75, 3.05) is 7.11 Å². The zero-order valence-electron chi connectivity index (χ0n) is 13.2. The Morgan fingerprint density at radius 3 is 1.95 bits per heavy atom. The van der Waals surface area contributed by atoms with E-state index in [0.29, 0.717) is 6.42 Å². The van der Waals surface area contributed by atoms with Crippen LogP contribution in [-0.2, 0) is 4.74 Å². The summed E-state index contributed by atoms with van der Waals surface area (Å²) in [6.45, 7) is 12.7. The van der Waals surface area contributed by atoms with Crippen LogP contribution in [0.15, 0.2) is 23.3 Å². The molecule has 0 fully saturated rings. The molecule has 0 bridgehead atoms. The van der Waals surface area contributed by atoms with Gasteiger partial charge in [0, 0.05) is 13.5 Å². The molecule has 0 saturated heterocycles. The summed E-state index contributed by atoms with van der Waals surface area (Å²) in [5, 5.41) is 19.5. The fraction of sp³-hybridized carbons (Fsp3) is 0.733. The predicted molar refractivity (Wildman–Crippen MR) is 79.6 cm³/mol. The number of allylic oxidation sites excluding steroid dienone is 2. The van der Waals surface area contributed by atoms with Crippen molar-refractivity contribution in [2.45, 2.75) is 53.5 Å². The summed E-state index contributed by atoms with van der Waals surface area (Å²) in [7, 11) is 0.00264. The Morgan fingerprint density at radius 2 is 1.63 bits per heavy atom. The molecule has 0 aromatic heterocycles. The van der Waals surface area contributed by atoms with Crippen LogP contribution in [-0.4, -0.2) is 29.8 Å². The van der Waals surface area contributed by atoms with Crippen molar-refractivity contribution in [3.05, 3.63) is 23.3 Å². The van der Waals surface area contributed by atoms with Gasteiger partial charge in [-0.25, -0.2) is 0 Å². The molecule has 1 rings (SSSR count). The number of ether oxygens (including phenoxy) is 1. The maximum absolute atomic E-state index is 9.75. The minimum atomic E-state index is -1.53. The summed E-state index contributed by atoms with van der Waals surface area (Å²) in [4.78, 5) is 0. The molecule has 1 aliphatic carbocycles. The molecule has 4 heteroatoms. The molecule has 1 atom stereocenters. The van der Waals surface area contributed by atoms with Gasteiger partial charge in [-0.2, -0.15) is 0 Å². The molecule has 0 aromatic carbocycles. The molecular weight excluding hydrogens is 239 g/mol. The zero-order chi connectivity index (χ0) is 15.1. The first-order valence-corrected chi connectivity index (χ1v) is 6.78. The Morgan fingerprint density at radius 1 is 1.11 bits per heavy atom. The van der Waals surface area contributed by atoms with E-state index in [1.165, 1.54) is 12.7 Å². The van der Waals surface area contributed by atoms with E-state index in [2.05, 4.69) is 47.6 Å². The summed E-state index contributed by atoms with van der Waals surface area (Å²) in [6, 6.07) is 0. The van der Waals surface area contributed by atoms with E-state index >= 15 is 0 Å². The molecule has 2 N–H and O–H groups in total. The van der Waals surface area contributed by atoms with Crippen molar-refractivity contribution in [1.29, 1.82) is 0 Å². The van der Waals surface area contributed by atoms with E-state index in [9.17, 15) is 10.0 Å². The van der Waals surface area contributed by atoms with Gasteiger partial charge in [0.25, 0.3) is 0 Å². The van der Waals surface area contributed by atoms with E-state index in [0.717, 1.165) is 5.57 Å². The lowest BCUT2D eigenvalue weighted by Crippen LogP contribution is -2.49. The van der Waals surface area contributed by atoms with Gasteiger partial charge in [0.2, 0.25) is 0 Å². The zero-order valence-corrected chi connectivity index (χ0v) is 13.2. The molecule has 0 heterocycles. The second-order valence-electron chi connectivity index (χ2n) is 7.48. The van der Waals surface area contributed by atoms with Crippen LogP contribution in [0.2, 0.25) is 0 Å². The minimum Gasteiger partial charge on any atom is -0.425 e. The third-order valence-corrected chi connectivity index (χ3v) is 3.84. The lowest BCUT2D eigenvalue weighted by Gasteiger charge is -2.40. The molecule has 108 valence electrons. The maximum atomic E-state index is 9.75. The maximum Gasteiger partial charge on any atom is 0.490 e. The molecule has 0 aliphatic heterocycles. The highest BCUT2D eigenvalue weighted by Crippen LogP contribution is 2.43. The summed E-state index contributed by atoms with van der Waals surface area (Å²) in [5.41, 5.74) is 1.13. The Balaban J connectivity index is 3.37. The monoisotopic (exact) mass is 266 g/mol. The van der Waals surface area contributed by atoms with Crippen LogP contribution >= 0.6 is 0 Å². The molecular formula is C15H27BO3. The van der Waals surface area contributed by atoms with Gasteiger partial charge < -0.3 is 14.8 Å². The van der Waals surface area contributed by atoms with Gasteiger partial charge in [-0.15, -0.1) is 0 Å². The van der Waals surface area contributed by atoms with Crippen molar-refractivity contribution in [2.24, 2.45) is 10.8 Å². The molecule has 0 saturated carbocycles. The third-order valence-electron chi connectivity index (χ3n) is 3.84. The van der Waals surface area contributed by atoms with Crippen molar-refractivity contribution >= 4 is 7.12 Å². The topological polar surface area (TPSA) is 49.7 Å². The standard InChI is InChI=1S/C15H27BO3/c1-13(2,3)11-8-12(14(4,5)6)10-15(9-11,19-7)16(17)18/h8-9,17-18H,10H2,1-7H3. The van der Waals surface area contributed by atoms with Gasteiger partial charge in [-0.3, -0.25) is 0 Å². The first-order chi connectivity index (χ1) is 8.42. The second-order valence-corrected chi connectivity index (χ2v) is 7.48. The van der Waals surface area contributed by atoms with Gasteiger partial charge in [0.05, 0.1) is 0 Å². The molecule has 1 aliphatic rings. The highest BCUT2D eigenvalue weighted by molar-refractivity contribution is 6.46. The van der Waals surface area contributed by atoms with Crippen molar-refractivity contribution in [3.8, 4) is 0 Å². The van der Waals surface area contributed by atoms with Crippen LogP contribution < -0.4 is 0 Å². The Bertz CT molecular complexity index is 397. The number of hydrogen-bond acceptors (Lipinski definition) is 3. The van der Waals surface area contributed by atoms with E-state index in [-0.39, 0.29) is 10.8 Å². The normalized spacial score (nSPS) is 24.9. The number of rotatable bonds is 2. The predicted octanol–water partition coefficient (Wildman–Crippen LogP) is 2.73. The van der Waals surface area contributed by atoms with Crippen LogP contribution in [0.3, 0.4) is 0 Å². The quantitative estimate of drug-likeness (QED) is 0.755. The highest BCUT2D eigenvalue weighted by Gasteiger charge is 2.45. The van der Waals surface area contributed by atoms with Gasteiger partial charge in [0.1, 0.15) is 5.50 Å². The van der Waals surface area contributed by atoms with Crippen LogP contribution in [0.25, 0.3) is 0 Å². The van der Waals surface area contributed by atoms with Gasteiger partial charge in [-0.05, 0) is 16.4 Å². The Kier molecular flexibility index (Phi) is 4.40. The fourth-order valence-corrected chi connectivity index (χ4v) is 2.21. The van der Waals surface area contributed by atoms with Crippen LogP contribution in [0.4, 0.5) is 0 Å². The van der Waals surface area contributed by atoms with Gasteiger partial charge in [-0.1, -0.05) is 59.3 Å². The SMILES string of the molecule is COC1(B(O)O)C=C(C(C)(C)C)C=C(C(C)(C)C)C1. The Labute approximate surface area is 117 Å². The lowest BCUT2D eigenvalue weighted by molar-refractivity contribution is 0.0620. The molecule has 19 heavy (non-hydrogen) atoms. The minimum absolute atomic E-state index is 0.0244. The van der Waals surface area contributed by atoms with Crippen LogP contribution in [0.1, 0.15) is 48.0 Å². The first kappa shape index (κ1) is 16.5. The van der Waals surface area contributed by atoms with Gasteiger partial charge >= 0.3 is 7.12 Å². The highest BCUT2D eigenvalue weighted by atomic mass is 16.5. The van der Waals surface area contributed by atoms with Crippen molar-refractivity contribution in [1.82, 2.24) is 0 Å². The average molecular weight is 266 g/mol. The Hall–Kier alpha value is -0.575. The fourth-order valence-electron chi connectivity index (χ4n) is 2.21. The van der Waals surface area contributed by atoms with E-state index in [1.54, 1.807) is 0 Å². The summed E-state index contributed by atoms with van der Waals surface area (Å²) >= 11 is 0. The summed E-state index contributed by atoms with van der Waals surface area (Å²) in [6.07, 6.45) is 4.55. The van der Waals surface area contributed by atoms with Crippen molar-refractivity contribution < 1.29 is 14.8 Å².